The quantitative estimate of drug-likeness (QED) is 0.663. The Morgan fingerprint density at radius 3 is 2.39 bits per heavy atom. The second-order valence-electron chi connectivity index (χ2n) is 6.96. The first-order valence-corrected chi connectivity index (χ1v) is 11.1. The molecule has 6 nitrogen and oxygen atoms in total. The fourth-order valence-corrected chi connectivity index (χ4v) is 5.19. The van der Waals surface area contributed by atoms with E-state index in [-0.39, 0.29) is 43.5 Å². The Morgan fingerprint density at radius 1 is 1.10 bits per heavy atom. The molecule has 1 amide bonds. The number of hydrogen-bond acceptors (Lipinski definition) is 4. The number of carbonyl (C=O) groups is 1. The SMILES string of the molecule is COc1cccc(CC(=O)N2CCN(S(=O)(=O)c3cc(C(F)(F)F)ccc3Cl)CC2)c1. The van der Waals surface area contributed by atoms with Gasteiger partial charge in [0.15, 0.2) is 0 Å². The van der Waals surface area contributed by atoms with Gasteiger partial charge in [-0.15, -0.1) is 0 Å². The van der Waals surface area contributed by atoms with E-state index in [9.17, 15) is 26.4 Å². The Bertz CT molecular complexity index is 1070. The zero-order chi connectivity index (χ0) is 22.8. The van der Waals surface area contributed by atoms with Gasteiger partial charge in [-0.2, -0.15) is 17.5 Å². The van der Waals surface area contributed by atoms with Gasteiger partial charge in [0.05, 0.1) is 24.1 Å². The number of carbonyl (C=O) groups excluding carboxylic acids is 1. The van der Waals surface area contributed by atoms with Crippen LogP contribution in [0.25, 0.3) is 0 Å². The summed E-state index contributed by atoms with van der Waals surface area (Å²) in [5, 5.41) is -0.287. The van der Waals surface area contributed by atoms with Crippen LogP contribution in [-0.4, -0.2) is 56.8 Å². The Labute approximate surface area is 183 Å². The van der Waals surface area contributed by atoms with Crippen molar-refractivity contribution < 1.29 is 31.1 Å². The van der Waals surface area contributed by atoms with Crippen molar-refractivity contribution in [2.75, 3.05) is 33.3 Å². The molecule has 0 radical (unpaired) electrons. The molecule has 3 rings (SSSR count). The number of halogens is 4. The number of hydrogen-bond donors (Lipinski definition) is 0. The Balaban J connectivity index is 1.69. The number of alkyl halides is 3. The van der Waals surface area contributed by atoms with Crippen LogP contribution in [-0.2, 0) is 27.4 Å². The third-order valence-corrected chi connectivity index (χ3v) is 7.34. The molecule has 0 bridgehead atoms. The first-order chi connectivity index (χ1) is 14.5. The summed E-state index contributed by atoms with van der Waals surface area (Å²) in [5.74, 6) is 0.446. The van der Waals surface area contributed by atoms with Crippen LogP contribution in [0.4, 0.5) is 13.2 Å². The summed E-state index contributed by atoms with van der Waals surface area (Å²) in [7, 11) is -2.72. The molecule has 2 aromatic carbocycles. The fraction of sp³-hybridized carbons (Fsp3) is 0.350. The zero-order valence-corrected chi connectivity index (χ0v) is 18.1. The Kier molecular flexibility index (Phi) is 6.82. The first kappa shape index (κ1) is 23.4. The van der Waals surface area contributed by atoms with E-state index >= 15 is 0 Å². The summed E-state index contributed by atoms with van der Waals surface area (Å²) in [5.41, 5.74) is -0.335. The number of sulfonamides is 1. The minimum Gasteiger partial charge on any atom is -0.497 e. The van der Waals surface area contributed by atoms with Gasteiger partial charge in [0.2, 0.25) is 15.9 Å². The van der Waals surface area contributed by atoms with Crippen molar-refractivity contribution in [2.45, 2.75) is 17.5 Å². The van der Waals surface area contributed by atoms with Crippen LogP contribution in [0.1, 0.15) is 11.1 Å². The number of amides is 1. The molecular formula is C20H20ClF3N2O4S. The summed E-state index contributed by atoms with van der Waals surface area (Å²) < 4.78 is 70.9. The highest BCUT2D eigenvalue weighted by molar-refractivity contribution is 7.89. The molecular weight excluding hydrogens is 457 g/mol. The van der Waals surface area contributed by atoms with E-state index in [1.165, 1.54) is 12.0 Å². The molecule has 2 aromatic rings. The number of rotatable bonds is 5. The molecule has 1 heterocycles. The van der Waals surface area contributed by atoms with Crippen LogP contribution in [0.5, 0.6) is 5.75 Å². The number of benzene rings is 2. The first-order valence-electron chi connectivity index (χ1n) is 9.30. The molecule has 1 aliphatic heterocycles. The smallest absolute Gasteiger partial charge is 0.416 e. The lowest BCUT2D eigenvalue weighted by molar-refractivity contribution is -0.137. The summed E-state index contributed by atoms with van der Waals surface area (Å²) >= 11 is 5.90. The molecule has 0 atom stereocenters. The Morgan fingerprint density at radius 2 is 1.77 bits per heavy atom. The van der Waals surface area contributed by atoms with E-state index < -0.39 is 26.7 Å². The van der Waals surface area contributed by atoms with Crippen molar-refractivity contribution in [1.29, 1.82) is 0 Å². The van der Waals surface area contributed by atoms with Crippen molar-refractivity contribution >= 4 is 27.5 Å². The molecule has 0 unspecified atom stereocenters. The van der Waals surface area contributed by atoms with Gasteiger partial charge >= 0.3 is 6.18 Å². The average Bonchev–Trinajstić information content (AvgIpc) is 2.73. The second-order valence-corrected chi connectivity index (χ2v) is 9.27. The van der Waals surface area contributed by atoms with Crippen LogP contribution in [0.15, 0.2) is 47.4 Å². The second kappa shape index (κ2) is 9.05. The summed E-state index contributed by atoms with van der Waals surface area (Å²) in [6.45, 7) is 0.161. The highest BCUT2D eigenvalue weighted by Crippen LogP contribution is 2.34. The molecule has 0 spiro atoms. The highest BCUT2D eigenvalue weighted by atomic mass is 35.5. The summed E-state index contributed by atoms with van der Waals surface area (Å²) in [4.78, 5) is 13.5. The van der Waals surface area contributed by atoms with Crippen molar-refractivity contribution in [3.8, 4) is 5.75 Å². The monoisotopic (exact) mass is 476 g/mol. The van der Waals surface area contributed by atoms with E-state index in [4.69, 9.17) is 16.3 Å². The van der Waals surface area contributed by atoms with Crippen LogP contribution < -0.4 is 4.74 Å². The van der Waals surface area contributed by atoms with Crippen LogP contribution in [0.2, 0.25) is 5.02 Å². The van der Waals surface area contributed by atoms with Gasteiger partial charge in [0.1, 0.15) is 10.6 Å². The molecule has 31 heavy (non-hydrogen) atoms. The molecule has 168 valence electrons. The van der Waals surface area contributed by atoms with Gasteiger partial charge in [-0.05, 0) is 35.9 Å². The lowest BCUT2D eigenvalue weighted by atomic mass is 10.1. The summed E-state index contributed by atoms with van der Waals surface area (Å²) in [6.07, 6.45) is -4.57. The van der Waals surface area contributed by atoms with E-state index in [0.717, 1.165) is 22.0 Å². The third-order valence-electron chi connectivity index (χ3n) is 4.96. The fourth-order valence-electron chi connectivity index (χ4n) is 3.26. The molecule has 0 saturated carbocycles. The third kappa shape index (κ3) is 5.31. The lowest BCUT2D eigenvalue weighted by Crippen LogP contribution is -2.50. The lowest BCUT2D eigenvalue weighted by Gasteiger charge is -2.34. The largest absolute Gasteiger partial charge is 0.497 e. The predicted molar refractivity (Wildman–Crippen MR) is 108 cm³/mol. The minimum atomic E-state index is -4.69. The molecule has 1 saturated heterocycles. The molecule has 1 fully saturated rings. The van der Waals surface area contributed by atoms with Crippen molar-refractivity contribution in [3.63, 3.8) is 0 Å². The van der Waals surface area contributed by atoms with E-state index in [1.54, 1.807) is 24.3 Å². The molecule has 0 aromatic heterocycles. The van der Waals surface area contributed by atoms with Gasteiger partial charge in [-0.1, -0.05) is 23.7 Å². The highest BCUT2D eigenvalue weighted by Gasteiger charge is 2.35. The number of nitrogens with zero attached hydrogens (tertiary/aromatic N) is 2. The number of methoxy groups -OCH3 is 1. The van der Waals surface area contributed by atoms with Crippen LogP contribution >= 0.6 is 11.6 Å². The zero-order valence-electron chi connectivity index (χ0n) is 16.5. The van der Waals surface area contributed by atoms with E-state index in [1.807, 2.05) is 0 Å². The van der Waals surface area contributed by atoms with Gasteiger partial charge in [0.25, 0.3) is 0 Å². The minimum absolute atomic E-state index is 0.0429. The topological polar surface area (TPSA) is 66.9 Å². The normalized spacial score (nSPS) is 15.7. The maximum Gasteiger partial charge on any atom is 0.416 e. The average molecular weight is 477 g/mol. The van der Waals surface area contributed by atoms with Crippen molar-refractivity contribution in [3.05, 3.63) is 58.6 Å². The van der Waals surface area contributed by atoms with Gasteiger partial charge < -0.3 is 9.64 Å². The van der Waals surface area contributed by atoms with Gasteiger partial charge in [0, 0.05) is 26.2 Å². The maximum absolute atomic E-state index is 13.0. The summed E-state index contributed by atoms with van der Waals surface area (Å²) in [6, 6.07) is 9.26. The molecule has 1 aliphatic rings. The predicted octanol–water partition coefficient (Wildman–Crippen LogP) is 3.44. The number of piperazine rings is 1. The van der Waals surface area contributed by atoms with Crippen molar-refractivity contribution in [1.82, 2.24) is 9.21 Å². The number of ether oxygens (including phenoxy) is 1. The van der Waals surface area contributed by atoms with Crippen LogP contribution in [0, 0.1) is 0 Å². The van der Waals surface area contributed by atoms with Gasteiger partial charge in [-0.25, -0.2) is 8.42 Å². The van der Waals surface area contributed by atoms with Crippen molar-refractivity contribution in [2.24, 2.45) is 0 Å². The van der Waals surface area contributed by atoms with Gasteiger partial charge in [-0.3, -0.25) is 4.79 Å². The molecule has 11 heteroatoms. The molecule has 0 N–H and O–H groups in total. The van der Waals surface area contributed by atoms with E-state index in [2.05, 4.69) is 0 Å². The standard InChI is InChI=1S/C20H20ClF3N2O4S/c1-30-16-4-2-3-14(11-16)12-19(27)25-7-9-26(10-8-25)31(28,29)18-13-15(20(22,23)24)5-6-17(18)21/h2-6,11,13H,7-10,12H2,1H3. The maximum atomic E-state index is 13.0. The van der Waals surface area contributed by atoms with E-state index in [0.29, 0.717) is 11.8 Å². The van der Waals surface area contributed by atoms with Crippen LogP contribution in [0.3, 0.4) is 0 Å². The Hall–Kier alpha value is -2.30. The molecule has 0 aliphatic carbocycles.